The van der Waals surface area contributed by atoms with Crippen LogP contribution in [0.3, 0.4) is 0 Å². The predicted molar refractivity (Wildman–Crippen MR) is 58.3 cm³/mol. The van der Waals surface area contributed by atoms with Gasteiger partial charge in [0.15, 0.2) is 0 Å². The third-order valence-electron chi connectivity index (χ3n) is 2.53. The van der Waals surface area contributed by atoms with E-state index < -0.39 is 0 Å². The van der Waals surface area contributed by atoms with Gasteiger partial charge in [0.05, 0.1) is 6.26 Å². The van der Waals surface area contributed by atoms with Crippen LogP contribution in [0.4, 0.5) is 0 Å². The maximum absolute atomic E-state index is 5.35. The fourth-order valence-corrected chi connectivity index (χ4v) is 1.69. The Labute approximate surface area is 84.4 Å². The molecule has 2 rings (SSSR count). The Balaban J connectivity index is 2.43. The fourth-order valence-electron chi connectivity index (χ4n) is 1.69. The van der Waals surface area contributed by atoms with Crippen molar-refractivity contribution in [3.05, 3.63) is 47.7 Å². The summed E-state index contributed by atoms with van der Waals surface area (Å²) in [6.45, 7) is 4.32. The topological polar surface area (TPSA) is 13.1 Å². The first-order chi connectivity index (χ1) is 6.81. The van der Waals surface area contributed by atoms with E-state index in [0.717, 1.165) is 17.7 Å². The Kier molecular flexibility index (Phi) is 2.40. The molecule has 1 heteroatoms. The second-order valence-corrected chi connectivity index (χ2v) is 3.47. The molecule has 1 nitrogen and oxygen atoms in total. The summed E-state index contributed by atoms with van der Waals surface area (Å²) in [6, 6.07) is 10.4. The van der Waals surface area contributed by atoms with Crippen LogP contribution in [0.5, 0.6) is 0 Å². The fraction of sp³-hybridized carbons (Fsp3) is 0.231. The van der Waals surface area contributed by atoms with Gasteiger partial charge in [-0.3, -0.25) is 0 Å². The molecule has 0 aliphatic heterocycles. The summed E-state index contributed by atoms with van der Waals surface area (Å²) in [7, 11) is 0. The van der Waals surface area contributed by atoms with Crippen molar-refractivity contribution in [3.63, 3.8) is 0 Å². The van der Waals surface area contributed by atoms with E-state index in [1.54, 1.807) is 6.26 Å². The average Bonchev–Trinajstić information content (AvgIpc) is 2.70. The zero-order valence-corrected chi connectivity index (χ0v) is 8.58. The lowest BCUT2D eigenvalue weighted by molar-refractivity contribution is 0.582. The highest BCUT2D eigenvalue weighted by molar-refractivity contribution is 5.59. The highest BCUT2D eigenvalue weighted by Crippen LogP contribution is 2.22. The molecule has 0 aliphatic rings. The van der Waals surface area contributed by atoms with Gasteiger partial charge in [0.25, 0.3) is 0 Å². The molecule has 0 radical (unpaired) electrons. The Hall–Kier alpha value is -1.50. The minimum Gasteiger partial charge on any atom is -0.464 e. The van der Waals surface area contributed by atoms with Crippen LogP contribution in [0.25, 0.3) is 11.3 Å². The number of hydrogen-bond donors (Lipinski definition) is 0. The quantitative estimate of drug-likeness (QED) is 0.695. The van der Waals surface area contributed by atoms with E-state index in [2.05, 4.69) is 32.0 Å². The highest BCUT2D eigenvalue weighted by Gasteiger charge is 2.02. The van der Waals surface area contributed by atoms with Crippen molar-refractivity contribution in [1.29, 1.82) is 0 Å². The third kappa shape index (κ3) is 1.58. The highest BCUT2D eigenvalue weighted by atomic mass is 16.3. The lowest BCUT2D eigenvalue weighted by Gasteiger charge is -2.04. The van der Waals surface area contributed by atoms with Gasteiger partial charge in [0.1, 0.15) is 5.76 Å². The monoisotopic (exact) mass is 186 g/mol. The summed E-state index contributed by atoms with van der Waals surface area (Å²) < 4.78 is 5.35. The smallest absolute Gasteiger partial charge is 0.133 e. The first-order valence-corrected chi connectivity index (χ1v) is 4.94. The van der Waals surface area contributed by atoms with E-state index in [0.29, 0.717) is 0 Å². The zero-order valence-electron chi connectivity index (χ0n) is 8.58. The standard InChI is InChI=1S/C13H14O/c1-3-11-6-7-12(9-10(11)2)13-5-4-8-14-13/h4-9H,3H2,1-2H3. The molecule has 0 saturated heterocycles. The molecule has 0 spiro atoms. The van der Waals surface area contributed by atoms with Gasteiger partial charge >= 0.3 is 0 Å². The van der Waals surface area contributed by atoms with Gasteiger partial charge in [0.2, 0.25) is 0 Å². The molecule has 0 amide bonds. The molecule has 0 atom stereocenters. The van der Waals surface area contributed by atoms with Gasteiger partial charge < -0.3 is 4.42 Å². The first kappa shape index (κ1) is 9.07. The number of aryl methyl sites for hydroxylation is 2. The molecule has 1 heterocycles. The van der Waals surface area contributed by atoms with E-state index in [4.69, 9.17) is 4.42 Å². The van der Waals surface area contributed by atoms with E-state index >= 15 is 0 Å². The number of furan rings is 1. The van der Waals surface area contributed by atoms with Crippen LogP contribution >= 0.6 is 0 Å². The Morgan fingerprint density at radius 2 is 2.07 bits per heavy atom. The first-order valence-electron chi connectivity index (χ1n) is 4.94. The summed E-state index contributed by atoms with van der Waals surface area (Å²) in [5.41, 5.74) is 3.89. The maximum Gasteiger partial charge on any atom is 0.133 e. The van der Waals surface area contributed by atoms with Crippen molar-refractivity contribution in [2.75, 3.05) is 0 Å². The largest absolute Gasteiger partial charge is 0.464 e. The van der Waals surface area contributed by atoms with E-state index in [-0.39, 0.29) is 0 Å². The molecule has 1 aromatic heterocycles. The lowest BCUT2D eigenvalue weighted by atomic mass is 10.0. The second-order valence-electron chi connectivity index (χ2n) is 3.47. The second kappa shape index (κ2) is 3.70. The summed E-state index contributed by atoms with van der Waals surface area (Å²) in [4.78, 5) is 0. The molecule has 14 heavy (non-hydrogen) atoms. The van der Waals surface area contributed by atoms with Crippen LogP contribution < -0.4 is 0 Å². The third-order valence-corrected chi connectivity index (χ3v) is 2.53. The maximum atomic E-state index is 5.35. The van der Waals surface area contributed by atoms with Gasteiger partial charge in [-0.1, -0.05) is 19.1 Å². The molecule has 0 N–H and O–H groups in total. The van der Waals surface area contributed by atoms with Gasteiger partial charge in [-0.25, -0.2) is 0 Å². The van der Waals surface area contributed by atoms with Crippen molar-refractivity contribution in [2.24, 2.45) is 0 Å². The molecule has 0 unspecified atom stereocenters. The van der Waals surface area contributed by atoms with Crippen LogP contribution in [0.1, 0.15) is 18.1 Å². The Morgan fingerprint density at radius 3 is 2.64 bits per heavy atom. The minimum absolute atomic E-state index is 0.941. The molecule has 0 bridgehead atoms. The van der Waals surface area contributed by atoms with Crippen LogP contribution in [0.2, 0.25) is 0 Å². The summed E-state index contributed by atoms with van der Waals surface area (Å²) in [5.74, 6) is 0.941. The van der Waals surface area contributed by atoms with Crippen molar-refractivity contribution in [1.82, 2.24) is 0 Å². The van der Waals surface area contributed by atoms with E-state index in [1.165, 1.54) is 11.1 Å². The normalized spacial score (nSPS) is 10.4. The van der Waals surface area contributed by atoms with Crippen LogP contribution in [0.15, 0.2) is 41.0 Å². The molecule has 0 aliphatic carbocycles. The van der Waals surface area contributed by atoms with Gasteiger partial charge in [0, 0.05) is 5.56 Å². The van der Waals surface area contributed by atoms with Crippen molar-refractivity contribution in [2.45, 2.75) is 20.3 Å². The van der Waals surface area contributed by atoms with Crippen molar-refractivity contribution >= 4 is 0 Å². The lowest BCUT2D eigenvalue weighted by Crippen LogP contribution is -1.86. The Bertz CT molecular complexity index is 413. The molecular weight excluding hydrogens is 172 g/mol. The number of benzene rings is 1. The molecular formula is C13H14O. The average molecular weight is 186 g/mol. The van der Waals surface area contributed by atoms with Crippen LogP contribution in [0, 0.1) is 6.92 Å². The molecule has 0 fully saturated rings. The molecule has 1 aromatic carbocycles. The van der Waals surface area contributed by atoms with Gasteiger partial charge in [-0.15, -0.1) is 0 Å². The SMILES string of the molecule is CCc1ccc(-c2ccco2)cc1C. The van der Waals surface area contributed by atoms with E-state index in [9.17, 15) is 0 Å². The van der Waals surface area contributed by atoms with Gasteiger partial charge in [-0.2, -0.15) is 0 Å². The zero-order chi connectivity index (χ0) is 9.97. The summed E-state index contributed by atoms with van der Waals surface area (Å²) in [6.07, 6.45) is 2.79. The molecule has 0 saturated carbocycles. The summed E-state index contributed by atoms with van der Waals surface area (Å²) >= 11 is 0. The van der Waals surface area contributed by atoms with Crippen molar-refractivity contribution in [3.8, 4) is 11.3 Å². The van der Waals surface area contributed by atoms with Crippen molar-refractivity contribution < 1.29 is 4.42 Å². The molecule has 72 valence electrons. The summed E-state index contributed by atoms with van der Waals surface area (Å²) in [5, 5.41) is 0. The van der Waals surface area contributed by atoms with Crippen LogP contribution in [-0.2, 0) is 6.42 Å². The Morgan fingerprint density at radius 1 is 1.21 bits per heavy atom. The number of hydrogen-bond acceptors (Lipinski definition) is 1. The predicted octanol–water partition coefficient (Wildman–Crippen LogP) is 3.82. The van der Waals surface area contributed by atoms with Gasteiger partial charge in [-0.05, 0) is 42.7 Å². The van der Waals surface area contributed by atoms with Crippen LogP contribution in [-0.4, -0.2) is 0 Å². The number of rotatable bonds is 2. The van der Waals surface area contributed by atoms with E-state index in [1.807, 2.05) is 12.1 Å². The molecule has 2 aromatic rings. The minimum atomic E-state index is 0.941.